The molecule has 1 aliphatic rings. The molecule has 0 aromatic heterocycles. The van der Waals surface area contributed by atoms with E-state index in [0.717, 1.165) is 0 Å². The number of hydrogen-bond donors (Lipinski definition) is 0. The van der Waals surface area contributed by atoms with E-state index >= 15 is 0 Å². The predicted molar refractivity (Wildman–Crippen MR) is 100 cm³/mol. The summed E-state index contributed by atoms with van der Waals surface area (Å²) in [5.74, 6) is 0. The van der Waals surface area contributed by atoms with Gasteiger partial charge in [-0.25, -0.2) is 0 Å². The van der Waals surface area contributed by atoms with Crippen molar-refractivity contribution in [3.63, 3.8) is 0 Å². The Bertz CT molecular complexity index is 357. The molecule has 0 unspecified atom stereocenters. The van der Waals surface area contributed by atoms with Gasteiger partial charge in [0.2, 0.25) is 0 Å². The van der Waals surface area contributed by atoms with Crippen LogP contribution in [0, 0.1) is 10.8 Å². The van der Waals surface area contributed by atoms with E-state index in [1.807, 2.05) is 0 Å². The molecule has 19 heavy (non-hydrogen) atoms. The summed E-state index contributed by atoms with van der Waals surface area (Å²) >= 11 is 0. The van der Waals surface area contributed by atoms with E-state index in [2.05, 4.69) is 47.8 Å². The fraction of sp³-hybridized carbons (Fsp3) is 0.818. The van der Waals surface area contributed by atoms with Gasteiger partial charge >= 0.3 is 62.1 Å². The third kappa shape index (κ3) is 11.8. The Morgan fingerprint density at radius 1 is 0.684 bits per heavy atom. The first-order valence-corrected chi connectivity index (χ1v) is 26.6. The summed E-state index contributed by atoms with van der Waals surface area (Å²) in [4.78, 5) is 3.44. The van der Waals surface area contributed by atoms with Crippen LogP contribution in [0.3, 0.4) is 0 Å². The van der Waals surface area contributed by atoms with E-state index < -0.39 is 9.14 Å². The van der Waals surface area contributed by atoms with Crippen LogP contribution in [0.1, 0.15) is 41.5 Å². The van der Waals surface area contributed by atoms with Crippen molar-refractivity contribution < 1.29 is 0 Å². The van der Waals surface area contributed by atoms with Crippen LogP contribution in [0.5, 0.6) is 0 Å². The maximum atomic E-state index is 5.06. The van der Waals surface area contributed by atoms with Crippen LogP contribution in [0.2, 0.25) is 0 Å². The van der Waals surface area contributed by atoms with Crippen molar-refractivity contribution in [1.29, 1.82) is 0 Å². The topological polar surface area (TPSA) is 0 Å². The molecule has 0 saturated heterocycles. The predicted octanol–water partition coefficient (Wildman–Crippen LogP) is 7.31. The molecule has 118 valence electrons. The van der Waals surface area contributed by atoms with E-state index in [9.17, 15) is 0 Å². The molecule has 0 atom stereocenters. The van der Waals surface area contributed by atoms with Crippen LogP contribution < -0.4 is 0 Å². The fourth-order valence-electron chi connectivity index (χ4n) is 1.82. The summed E-state index contributed by atoms with van der Waals surface area (Å²) in [6.07, 6.45) is 2.36. The van der Waals surface area contributed by atoms with Gasteiger partial charge in [0.1, 0.15) is 6.26 Å². The zero-order chi connectivity index (χ0) is 16.1. The summed E-state index contributed by atoms with van der Waals surface area (Å²) in [5, 5.41) is 0. The van der Waals surface area contributed by atoms with Gasteiger partial charge in [0, 0.05) is 10.8 Å². The van der Waals surface area contributed by atoms with E-state index in [1.54, 1.807) is 9.81 Å². The Morgan fingerprint density at radius 2 is 0.842 bits per heavy atom. The molecule has 1 aliphatic heterocycles. The first kappa shape index (κ1) is 21.6. The quantitative estimate of drug-likeness (QED) is 0.233. The zero-order valence-electron chi connectivity index (χ0n) is 12.1. The van der Waals surface area contributed by atoms with Crippen molar-refractivity contribution in [3.8, 4) is 0 Å². The van der Waals surface area contributed by atoms with E-state index in [1.165, 1.54) is 0 Å². The molecular formula is C11H21Cl6SSb. The second-order valence-electron chi connectivity index (χ2n) is 6.63. The summed E-state index contributed by atoms with van der Waals surface area (Å²) in [6.45, 7) is 13.9. The van der Waals surface area contributed by atoms with Crippen LogP contribution in [0.4, 0.5) is 0 Å². The number of allylic oxidation sites excluding steroid dienone is 2. The maximum absolute atomic E-state index is 5.42. The molecule has 0 aromatic carbocycles. The van der Waals surface area contributed by atoms with Crippen LogP contribution in [-0.2, 0) is 10.9 Å². The Morgan fingerprint density at radius 3 is 0.895 bits per heavy atom. The zero-order valence-corrected chi connectivity index (χ0v) is 20.0. The average molecular weight is 520 g/mol. The average Bonchev–Trinajstić information content (AvgIpc) is 2.49. The molecule has 0 amide bonds. The second kappa shape index (κ2) is 5.34. The number of hydrogen-bond acceptors (Lipinski definition) is 0. The molecule has 1 rings (SSSR count). The van der Waals surface area contributed by atoms with Gasteiger partial charge in [-0.3, -0.25) is 0 Å². The van der Waals surface area contributed by atoms with Crippen molar-refractivity contribution in [2.75, 3.05) is 6.26 Å². The van der Waals surface area contributed by atoms with E-state index in [4.69, 9.17) is 53.0 Å². The van der Waals surface area contributed by atoms with Crippen molar-refractivity contribution in [1.82, 2.24) is 0 Å². The van der Waals surface area contributed by atoms with Gasteiger partial charge in [-0.05, 0) is 0 Å². The SMILES string of the molecule is C[S+]1C(C(C)(C)C)=C1C(C)(C)C.[Cl][Sb-]([Cl])([Cl])([Cl])([Cl])[Cl]. The van der Waals surface area contributed by atoms with Gasteiger partial charge in [-0.1, -0.05) is 41.5 Å². The third-order valence-electron chi connectivity index (χ3n) is 2.14. The van der Waals surface area contributed by atoms with Gasteiger partial charge in [0.15, 0.2) is 9.81 Å². The van der Waals surface area contributed by atoms with Crippen molar-refractivity contribution in [2.24, 2.45) is 10.8 Å². The summed E-state index contributed by atoms with van der Waals surface area (Å²) < 4.78 is 0. The molecule has 0 spiro atoms. The molecule has 0 N–H and O–H groups in total. The molecule has 0 bridgehead atoms. The Hall–Kier alpha value is 2.65. The standard InChI is InChI=1S/C11H21S.6ClH.Sb/c1-10(2,3)8-9(12(8)7)11(4,5)6;;;;;;;/h1-7H3;6*1H;/q+1;;;;;;;+5/p-6. The van der Waals surface area contributed by atoms with Crippen molar-refractivity contribution >= 4 is 73.0 Å². The van der Waals surface area contributed by atoms with Gasteiger partial charge < -0.3 is 0 Å². The molecule has 8 heteroatoms. The molecule has 0 nitrogen and oxygen atoms in total. The summed E-state index contributed by atoms with van der Waals surface area (Å²) in [6, 6.07) is 0. The third-order valence-corrected chi connectivity index (χ3v) is 4.79. The first-order valence-electron chi connectivity index (χ1n) is 5.58. The molecule has 0 fully saturated rings. The monoisotopic (exact) mass is 516 g/mol. The molecule has 0 saturated carbocycles. The van der Waals surface area contributed by atoms with Crippen LogP contribution in [-0.4, -0.2) is 15.4 Å². The van der Waals surface area contributed by atoms with Gasteiger partial charge in [0.25, 0.3) is 0 Å². The number of halogens is 6. The normalized spacial score (nSPS) is 21.3. The van der Waals surface area contributed by atoms with Gasteiger partial charge in [-0.2, -0.15) is 0 Å². The molecule has 0 aromatic rings. The van der Waals surface area contributed by atoms with Crippen LogP contribution in [0.25, 0.3) is 0 Å². The minimum absolute atomic E-state index is 0.403. The van der Waals surface area contributed by atoms with Crippen molar-refractivity contribution in [2.45, 2.75) is 41.5 Å². The Kier molecular flexibility index (Phi) is 6.08. The van der Waals surface area contributed by atoms with E-state index in [-0.39, 0.29) is 0 Å². The summed E-state index contributed by atoms with van der Waals surface area (Å²) in [7, 11) is 25.5. The van der Waals surface area contributed by atoms with Gasteiger partial charge in [0.05, 0.1) is 10.9 Å². The molecule has 1 heterocycles. The van der Waals surface area contributed by atoms with Crippen LogP contribution in [0.15, 0.2) is 9.81 Å². The van der Waals surface area contributed by atoms with Crippen LogP contribution >= 0.6 is 53.0 Å². The Labute approximate surface area is 140 Å². The first-order chi connectivity index (χ1) is 7.60. The molecule has 0 aliphatic carbocycles. The fourth-order valence-corrected chi connectivity index (χ4v) is 4.96. The van der Waals surface area contributed by atoms with E-state index in [0.29, 0.717) is 21.7 Å². The Balaban J connectivity index is 0.000000399. The van der Waals surface area contributed by atoms with Crippen molar-refractivity contribution in [3.05, 3.63) is 9.81 Å². The molecule has 0 radical (unpaired) electrons. The minimum atomic E-state index is -5.42. The second-order valence-corrected chi connectivity index (χ2v) is 65.4. The summed E-state index contributed by atoms with van der Waals surface area (Å²) in [5.41, 5.74) is 0.806. The number of rotatable bonds is 0. The molecular weight excluding hydrogens is 499 g/mol. The van der Waals surface area contributed by atoms with Gasteiger partial charge in [-0.15, -0.1) is 0 Å².